The SMILES string of the molecule is Cn1c(=O)oc2cc3c(cc21)[C@@H](c1ccccc1)C[C@H]3O. The summed E-state index contributed by atoms with van der Waals surface area (Å²) in [6.45, 7) is 0. The van der Waals surface area contributed by atoms with E-state index in [4.69, 9.17) is 4.42 Å². The van der Waals surface area contributed by atoms with Crippen LogP contribution in [0.2, 0.25) is 0 Å². The third-order valence-electron chi connectivity index (χ3n) is 4.39. The Morgan fingerprint density at radius 1 is 1.19 bits per heavy atom. The van der Waals surface area contributed by atoms with Gasteiger partial charge in [-0.05, 0) is 35.2 Å². The van der Waals surface area contributed by atoms with E-state index in [1.807, 2.05) is 24.3 Å². The van der Waals surface area contributed by atoms with Crippen LogP contribution in [0.4, 0.5) is 0 Å². The van der Waals surface area contributed by atoms with Crippen molar-refractivity contribution in [3.8, 4) is 0 Å². The summed E-state index contributed by atoms with van der Waals surface area (Å²) in [6, 6.07) is 13.9. The maximum Gasteiger partial charge on any atom is 0.419 e. The Balaban J connectivity index is 1.96. The van der Waals surface area contributed by atoms with E-state index in [0.717, 1.165) is 16.6 Å². The van der Waals surface area contributed by atoms with Crippen molar-refractivity contribution in [1.29, 1.82) is 0 Å². The topological polar surface area (TPSA) is 55.4 Å². The van der Waals surface area contributed by atoms with Crippen molar-refractivity contribution in [2.75, 3.05) is 0 Å². The maximum absolute atomic E-state index is 11.6. The molecule has 4 heteroatoms. The number of benzene rings is 2. The molecule has 0 aliphatic heterocycles. The fourth-order valence-corrected chi connectivity index (χ4v) is 3.27. The molecule has 0 bridgehead atoms. The molecular formula is C17H15NO3. The monoisotopic (exact) mass is 281 g/mol. The lowest BCUT2D eigenvalue weighted by atomic mass is 9.93. The molecule has 1 aromatic heterocycles. The maximum atomic E-state index is 11.6. The molecule has 1 heterocycles. The van der Waals surface area contributed by atoms with Crippen molar-refractivity contribution >= 4 is 11.1 Å². The first kappa shape index (κ1) is 12.4. The Hall–Kier alpha value is -2.33. The molecule has 0 amide bonds. The summed E-state index contributed by atoms with van der Waals surface area (Å²) in [6.07, 6.45) is 0.153. The van der Waals surface area contributed by atoms with Crippen LogP contribution in [-0.2, 0) is 7.05 Å². The summed E-state index contributed by atoms with van der Waals surface area (Å²) in [5.74, 6) is -0.218. The van der Waals surface area contributed by atoms with Crippen LogP contribution < -0.4 is 5.76 Å². The van der Waals surface area contributed by atoms with Crippen molar-refractivity contribution in [3.05, 3.63) is 69.7 Å². The Labute approximate surface area is 121 Å². The van der Waals surface area contributed by atoms with E-state index >= 15 is 0 Å². The van der Waals surface area contributed by atoms with E-state index in [-0.39, 0.29) is 11.7 Å². The first-order valence-corrected chi connectivity index (χ1v) is 7.01. The van der Waals surface area contributed by atoms with E-state index in [1.165, 1.54) is 10.1 Å². The van der Waals surface area contributed by atoms with Crippen molar-refractivity contribution < 1.29 is 9.52 Å². The summed E-state index contributed by atoms with van der Waals surface area (Å²) < 4.78 is 6.71. The number of nitrogens with zero attached hydrogens (tertiary/aromatic N) is 1. The van der Waals surface area contributed by atoms with Gasteiger partial charge in [0.2, 0.25) is 0 Å². The number of aliphatic hydroxyl groups excluding tert-OH is 1. The zero-order valence-electron chi connectivity index (χ0n) is 11.6. The number of hydrogen-bond donors (Lipinski definition) is 1. The molecule has 1 aliphatic rings. The molecule has 0 radical (unpaired) electrons. The number of aromatic nitrogens is 1. The predicted octanol–water partition coefficient (Wildman–Crippen LogP) is 2.70. The Kier molecular flexibility index (Phi) is 2.56. The second-order valence-electron chi connectivity index (χ2n) is 5.59. The number of fused-ring (bicyclic) bond motifs is 2. The smallest absolute Gasteiger partial charge is 0.408 e. The average Bonchev–Trinajstić information content (AvgIpc) is 2.97. The number of rotatable bonds is 1. The molecular weight excluding hydrogens is 266 g/mol. The van der Waals surface area contributed by atoms with Gasteiger partial charge in [-0.3, -0.25) is 4.57 Å². The highest BCUT2D eigenvalue weighted by atomic mass is 16.4. The Bertz CT molecular complexity index is 876. The zero-order chi connectivity index (χ0) is 14.6. The van der Waals surface area contributed by atoms with Gasteiger partial charge in [0.15, 0.2) is 5.58 Å². The fourth-order valence-electron chi connectivity index (χ4n) is 3.27. The molecule has 106 valence electrons. The van der Waals surface area contributed by atoms with Crippen molar-refractivity contribution in [2.24, 2.45) is 7.05 Å². The minimum Gasteiger partial charge on any atom is -0.408 e. The molecule has 1 aliphatic carbocycles. The van der Waals surface area contributed by atoms with Crippen LogP contribution in [0.1, 0.15) is 35.1 Å². The number of aryl methyl sites for hydroxylation is 1. The number of hydrogen-bond acceptors (Lipinski definition) is 3. The van der Waals surface area contributed by atoms with Gasteiger partial charge in [-0.25, -0.2) is 4.79 Å². The summed E-state index contributed by atoms with van der Waals surface area (Å²) in [7, 11) is 1.70. The second-order valence-corrected chi connectivity index (χ2v) is 5.59. The summed E-state index contributed by atoms with van der Waals surface area (Å²) >= 11 is 0. The fraction of sp³-hybridized carbons (Fsp3) is 0.235. The average molecular weight is 281 g/mol. The molecule has 3 aromatic rings. The number of oxazole rings is 1. The molecule has 1 N–H and O–H groups in total. The van der Waals surface area contributed by atoms with E-state index in [2.05, 4.69) is 12.1 Å². The molecule has 2 atom stereocenters. The van der Waals surface area contributed by atoms with Gasteiger partial charge in [0.25, 0.3) is 0 Å². The molecule has 0 unspecified atom stereocenters. The molecule has 0 saturated carbocycles. The summed E-state index contributed by atoms with van der Waals surface area (Å²) in [4.78, 5) is 11.6. The molecule has 0 spiro atoms. The lowest BCUT2D eigenvalue weighted by molar-refractivity contribution is 0.176. The summed E-state index contributed by atoms with van der Waals surface area (Å²) in [5.41, 5.74) is 4.44. The molecule has 2 aromatic carbocycles. The van der Waals surface area contributed by atoms with Gasteiger partial charge in [0.1, 0.15) is 0 Å². The molecule has 4 nitrogen and oxygen atoms in total. The summed E-state index contributed by atoms with van der Waals surface area (Å²) in [5, 5.41) is 10.3. The highest BCUT2D eigenvalue weighted by molar-refractivity contribution is 5.76. The number of aliphatic hydroxyl groups is 1. The van der Waals surface area contributed by atoms with E-state index in [1.54, 1.807) is 13.1 Å². The standard InChI is InChI=1S/C17H15NO3/c1-18-14-7-12-11(10-5-3-2-4-6-10)8-15(19)13(12)9-16(14)21-17(18)20/h2-7,9,11,15,19H,8H2,1H3/t11-,15-/m1/s1. The quantitative estimate of drug-likeness (QED) is 0.746. The lowest BCUT2D eigenvalue weighted by Crippen LogP contribution is -2.08. The third-order valence-corrected chi connectivity index (χ3v) is 4.39. The largest absolute Gasteiger partial charge is 0.419 e. The van der Waals surface area contributed by atoms with Crippen LogP contribution in [0.5, 0.6) is 0 Å². The second kappa shape index (κ2) is 4.33. The normalized spacial score (nSPS) is 20.9. The van der Waals surface area contributed by atoms with Gasteiger partial charge in [0.05, 0.1) is 11.6 Å². The van der Waals surface area contributed by atoms with Gasteiger partial charge < -0.3 is 9.52 Å². The molecule has 21 heavy (non-hydrogen) atoms. The highest BCUT2D eigenvalue weighted by Crippen LogP contribution is 2.45. The predicted molar refractivity (Wildman–Crippen MR) is 79.3 cm³/mol. The van der Waals surface area contributed by atoms with Crippen LogP contribution in [-0.4, -0.2) is 9.67 Å². The van der Waals surface area contributed by atoms with Crippen LogP contribution in [0, 0.1) is 0 Å². The minimum absolute atomic E-state index is 0.158. The van der Waals surface area contributed by atoms with Gasteiger partial charge in [0, 0.05) is 13.0 Å². The zero-order valence-corrected chi connectivity index (χ0v) is 11.6. The lowest BCUT2D eigenvalue weighted by Gasteiger charge is -2.11. The van der Waals surface area contributed by atoms with Crippen LogP contribution in [0.3, 0.4) is 0 Å². The minimum atomic E-state index is -0.514. The van der Waals surface area contributed by atoms with Crippen molar-refractivity contribution in [1.82, 2.24) is 4.57 Å². The van der Waals surface area contributed by atoms with Crippen LogP contribution >= 0.6 is 0 Å². The van der Waals surface area contributed by atoms with Gasteiger partial charge >= 0.3 is 5.76 Å². The van der Waals surface area contributed by atoms with Gasteiger partial charge in [-0.2, -0.15) is 0 Å². The first-order chi connectivity index (χ1) is 10.1. The molecule has 0 fully saturated rings. The van der Waals surface area contributed by atoms with E-state index in [0.29, 0.717) is 12.0 Å². The Morgan fingerprint density at radius 3 is 2.71 bits per heavy atom. The van der Waals surface area contributed by atoms with Gasteiger partial charge in [-0.1, -0.05) is 30.3 Å². The van der Waals surface area contributed by atoms with Crippen LogP contribution in [0.25, 0.3) is 11.1 Å². The highest BCUT2D eigenvalue weighted by Gasteiger charge is 2.32. The van der Waals surface area contributed by atoms with Gasteiger partial charge in [-0.15, -0.1) is 0 Å². The van der Waals surface area contributed by atoms with E-state index in [9.17, 15) is 9.90 Å². The Morgan fingerprint density at radius 2 is 1.95 bits per heavy atom. The molecule has 4 rings (SSSR count). The van der Waals surface area contributed by atoms with Crippen molar-refractivity contribution in [2.45, 2.75) is 18.4 Å². The third kappa shape index (κ3) is 1.76. The first-order valence-electron chi connectivity index (χ1n) is 7.01. The van der Waals surface area contributed by atoms with E-state index < -0.39 is 6.10 Å². The molecule has 0 saturated heterocycles. The van der Waals surface area contributed by atoms with Crippen LogP contribution in [0.15, 0.2) is 51.7 Å². The van der Waals surface area contributed by atoms with Crippen molar-refractivity contribution in [3.63, 3.8) is 0 Å².